The van der Waals surface area contributed by atoms with E-state index in [1.807, 2.05) is 48.6 Å². The molecule has 0 aromatic heterocycles. The fraction of sp³-hybridized carbons (Fsp3) is 0.0833. The lowest BCUT2D eigenvalue weighted by atomic mass is 10.2. The molecule has 0 N–H and O–H groups in total. The van der Waals surface area contributed by atoms with E-state index in [0.29, 0.717) is 0 Å². The molecule has 1 aromatic carbocycles. The summed E-state index contributed by atoms with van der Waals surface area (Å²) in [5.74, 6) is 0. The first-order valence-corrected chi connectivity index (χ1v) is 4.10. The number of carbonyl (C=O) groups excluding carboxylic acids is 1. The van der Waals surface area contributed by atoms with Crippen LogP contribution in [0.4, 0.5) is 0 Å². The Morgan fingerprint density at radius 2 is 1.92 bits per heavy atom. The highest BCUT2D eigenvalue weighted by Gasteiger charge is 1.77. The van der Waals surface area contributed by atoms with Crippen molar-refractivity contribution >= 4 is 12.4 Å². The zero-order chi connectivity index (χ0) is 9.36. The van der Waals surface area contributed by atoms with Gasteiger partial charge in [-0.3, -0.25) is 0 Å². The zero-order valence-electron chi connectivity index (χ0n) is 7.60. The van der Waals surface area contributed by atoms with Gasteiger partial charge in [-0.15, -0.1) is 12.2 Å². The summed E-state index contributed by atoms with van der Waals surface area (Å²) in [6.07, 6.45) is 10.2. The molecule has 0 spiro atoms. The van der Waals surface area contributed by atoms with Crippen LogP contribution < -0.4 is 0 Å². The van der Waals surface area contributed by atoms with Gasteiger partial charge in [0.2, 0.25) is 13.4 Å². The molecule has 0 unspecified atom stereocenters. The first-order valence-electron chi connectivity index (χ1n) is 4.10. The van der Waals surface area contributed by atoms with Crippen molar-refractivity contribution in [2.75, 3.05) is 7.11 Å². The standard InChI is InChI=1S/C12H12O/c1-13-11-7-3-6-10-12-8-4-2-5-9-12/h2-10H,1H3/b7-3+,10-6+. The molecule has 0 bridgehead atoms. The largest absolute Gasteiger partial charge is 0.355 e. The average Bonchev–Trinajstić information content (AvgIpc) is 2.19. The van der Waals surface area contributed by atoms with Crippen LogP contribution >= 0.6 is 0 Å². The van der Waals surface area contributed by atoms with Gasteiger partial charge in [-0.05, 0) is 5.56 Å². The van der Waals surface area contributed by atoms with E-state index in [1.54, 1.807) is 13.2 Å². The van der Waals surface area contributed by atoms with Crippen LogP contribution in [0.15, 0.2) is 48.6 Å². The van der Waals surface area contributed by atoms with Crippen LogP contribution in [0.25, 0.3) is 6.08 Å². The summed E-state index contributed by atoms with van der Waals surface area (Å²) in [7, 11) is 1.57. The molecule has 1 nitrogen and oxygen atoms in total. The van der Waals surface area contributed by atoms with Crippen molar-refractivity contribution in [1.82, 2.24) is 0 Å². The molecule has 0 aliphatic carbocycles. The van der Waals surface area contributed by atoms with Crippen molar-refractivity contribution in [3.8, 4) is 0 Å². The van der Waals surface area contributed by atoms with Gasteiger partial charge < -0.3 is 4.42 Å². The second-order valence-corrected chi connectivity index (χ2v) is 2.45. The number of hydrogen-bond donors (Lipinski definition) is 0. The molecule has 0 amide bonds. The Kier molecular flexibility index (Phi) is 4.33. The Bertz CT molecular complexity index is 307. The Hall–Kier alpha value is -1.63. The number of benzene rings is 1. The normalized spacial score (nSPS) is 12.1. The first kappa shape index (κ1) is 9.46. The van der Waals surface area contributed by atoms with Crippen LogP contribution in [0, 0.1) is 0 Å². The Morgan fingerprint density at radius 3 is 2.62 bits per heavy atom. The van der Waals surface area contributed by atoms with Gasteiger partial charge >= 0.3 is 0 Å². The molecule has 0 saturated heterocycles. The fourth-order valence-corrected chi connectivity index (χ4v) is 0.894. The van der Waals surface area contributed by atoms with Gasteiger partial charge in [0.1, 0.15) is 0 Å². The minimum atomic E-state index is 1.18. The van der Waals surface area contributed by atoms with Gasteiger partial charge in [0, 0.05) is 0 Å². The van der Waals surface area contributed by atoms with E-state index in [-0.39, 0.29) is 0 Å². The van der Waals surface area contributed by atoms with Gasteiger partial charge in [0.15, 0.2) is 0 Å². The van der Waals surface area contributed by atoms with Crippen molar-refractivity contribution in [2.24, 2.45) is 0 Å². The van der Waals surface area contributed by atoms with E-state index in [2.05, 4.69) is 10.7 Å². The fourth-order valence-electron chi connectivity index (χ4n) is 0.894. The SMILES string of the molecule is C[O+]=[C-]/C=C/C=C/c1ccccc1. The lowest BCUT2D eigenvalue weighted by molar-refractivity contribution is 0.186. The summed E-state index contributed by atoms with van der Waals surface area (Å²) >= 11 is 0. The van der Waals surface area contributed by atoms with Gasteiger partial charge in [0.25, 0.3) is 0 Å². The molecule has 0 atom stereocenters. The lowest BCUT2D eigenvalue weighted by Gasteiger charge is -1.89. The Morgan fingerprint density at radius 1 is 1.15 bits per heavy atom. The number of allylic oxidation sites excluding steroid dienone is 3. The number of rotatable bonds is 3. The number of hydrogen-bond acceptors (Lipinski definition) is 0. The summed E-state index contributed by atoms with van der Waals surface area (Å²) in [4.78, 5) is 0. The lowest BCUT2D eigenvalue weighted by Crippen LogP contribution is -1.68. The summed E-state index contributed by atoms with van der Waals surface area (Å²) in [5.41, 5.74) is 1.18. The van der Waals surface area contributed by atoms with Crippen molar-refractivity contribution in [3.63, 3.8) is 0 Å². The monoisotopic (exact) mass is 172 g/mol. The predicted molar refractivity (Wildman–Crippen MR) is 56.2 cm³/mol. The van der Waals surface area contributed by atoms with Crippen molar-refractivity contribution in [3.05, 3.63) is 54.1 Å². The minimum absolute atomic E-state index is 1.18. The zero-order valence-corrected chi connectivity index (χ0v) is 7.60. The van der Waals surface area contributed by atoms with E-state index in [0.717, 1.165) is 0 Å². The summed E-state index contributed by atoms with van der Waals surface area (Å²) in [6, 6.07) is 10.1. The molecule has 0 radical (unpaired) electrons. The summed E-state index contributed by atoms with van der Waals surface area (Å²) < 4.78 is 4.62. The molecule has 1 aromatic rings. The Balaban J connectivity index is 2.50. The highest BCUT2D eigenvalue weighted by Crippen LogP contribution is 2.00. The maximum Gasteiger partial charge on any atom is 0.229 e. The maximum absolute atomic E-state index is 4.62. The summed E-state index contributed by atoms with van der Waals surface area (Å²) in [6.45, 7) is 0. The van der Waals surface area contributed by atoms with Gasteiger partial charge in [-0.2, -0.15) is 0 Å². The maximum atomic E-state index is 4.62. The highest BCUT2D eigenvalue weighted by molar-refractivity contribution is 5.67. The van der Waals surface area contributed by atoms with E-state index in [9.17, 15) is 0 Å². The molecule has 1 rings (SSSR count). The minimum Gasteiger partial charge on any atom is -0.355 e. The molecular formula is C12H12O. The average molecular weight is 172 g/mol. The molecule has 0 heterocycles. The quantitative estimate of drug-likeness (QED) is 0.287. The second kappa shape index (κ2) is 5.95. The molecule has 0 saturated carbocycles. The molecule has 0 aliphatic rings. The van der Waals surface area contributed by atoms with Crippen LogP contribution in [0.2, 0.25) is 0 Å². The van der Waals surface area contributed by atoms with Crippen molar-refractivity contribution in [2.45, 2.75) is 0 Å². The molecule has 13 heavy (non-hydrogen) atoms. The third-order valence-electron chi connectivity index (χ3n) is 1.48. The van der Waals surface area contributed by atoms with Crippen LogP contribution in [0.5, 0.6) is 0 Å². The van der Waals surface area contributed by atoms with E-state index in [1.165, 1.54) is 5.56 Å². The smallest absolute Gasteiger partial charge is 0.229 e. The van der Waals surface area contributed by atoms with Crippen LogP contribution in [0.1, 0.15) is 5.56 Å². The van der Waals surface area contributed by atoms with Crippen molar-refractivity contribution in [1.29, 1.82) is 0 Å². The van der Waals surface area contributed by atoms with Gasteiger partial charge in [-0.1, -0.05) is 36.4 Å². The van der Waals surface area contributed by atoms with E-state index >= 15 is 0 Å². The first-order chi connectivity index (χ1) is 6.43. The van der Waals surface area contributed by atoms with Crippen molar-refractivity contribution < 1.29 is 4.42 Å². The molecule has 0 fully saturated rings. The van der Waals surface area contributed by atoms with Crippen LogP contribution in [-0.4, -0.2) is 13.4 Å². The third-order valence-corrected chi connectivity index (χ3v) is 1.48. The molecule has 66 valence electrons. The van der Waals surface area contributed by atoms with E-state index < -0.39 is 0 Å². The van der Waals surface area contributed by atoms with Crippen LogP contribution in [0.3, 0.4) is 0 Å². The third kappa shape index (κ3) is 4.06. The van der Waals surface area contributed by atoms with Crippen LogP contribution in [-0.2, 0) is 4.42 Å². The molecule has 1 heteroatoms. The molecular weight excluding hydrogens is 160 g/mol. The van der Waals surface area contributed by atoms with Gasteiger partial charge in [0.05, 0.1) is 0 Å². The van der Waals surface area contributed by atoms with E-state index in [4.69, 9.17) is 0 Å². The molecule has 0 aliphatic heterocycles. The Labute approximate surface area is 78.7 Å². The highest BCUT2D eigenvalue weighted by atomic mass is 16.4. The summed E-state index contributed by atoms with van der Waals surface area (Å²) in [5, 5.41) is 0. The predicted octanol–water partition coefficient (Wildman–Crippen LogP) is 2.53. The van der Waals surface area contributed by atoms with Gasteiger partial charge in [-0.25, -0.2) is 6.08 Å². The topological polar surface area (TPSA) is 11.3 Å². The second-order valence-electron chi connectivity index (χ2n) is 2.45.